The quantitative estimate of drug-likeness (QED) is 0.670. The molecular weight excluding hydrogens is 432 g/mol. The third-order valence-electron chi connectivity index (χ3n) is 4.45. The first-order chi connectivity index (χ1) is 13.4. The summed E-state index contributed by atoms with van der Waals surface area (Å²) in [5.74, 6) is -0.538. The molecule has 1 fully saturated rings. The number of halogens is 1. The van der Waals surface area contributed by atoms with Gasteiger partial charge in [-0.3, -0.25) is 14.3 Å². The van der Waals surface area contributed by atoms with Gasteiger partial charge in [-0.2, -0.15) is 0 Å². The first-order valence-corrected chi connectivity index (χ1v) is 9.50. The fourth-order valence-electron chi connectivity index (χ4n) is 2.96. The lowest BCUT2D eigenvalue weighted by molar-refractivity contribution is -0.0521. The SMILES string of the molecule is Cc1ccc(C(=O)OC2C[C@@H](n3cc(/C=C/Br)c(=O)[nH]c3=O)O[C@H]2CO)cc1. The summed E-state index contributed by atoms with van der Waals surface area (Å²) in [7, 11) is 0. The van der Waals surface area contributed by atoms with E-state index in [9.17, 15) is 19.5 Å². The number of hydrogen-bond donors (Lipinski definition) is 2. The molecule has 148 valence electrons. The number of aryl methyl sites for hydroxylation is 1. The topological polar surface area (TPSA) is 111 Å². The van der Waals surface area contributed by atoms with Crippen LogP contribution in [0.4, 0.5) is 0 Å². The summed E-state index contributed by atoms with van der Waals surface area (Å²) in [6, 6.07) is 6.91. The molecule has 1 aromatic carbocycles. The summed E-state index contributed by atoms with van der Waals surface area (Å²) < 4.78 is 12.4. The van der Waals surface area contributed by atoms with E-state index in [1.165, 1.54) is 21.8 Å². The molecule has 2 N–H and O–H groups in total. The summed E-state index contributed by atoms with van der Waals surface area (Å²) in [4.78, 5) is 40.1. The highest BCUT2D eigenvalue weighted by atomic mass is 79.9. The Hall–Kier alpha value is -2.49. The van der Waals surface area contributed by atoms with Crippen LogP contribution in [0, 0.1) is 6.92 Å². The van der Waals surface area contributed by atoms with Gasteiger partial charge in [0.1, 0.15) is 18.4 Å². The number of ether oxygens (including phenoxy) is 2. The number of benzene rings is 1. The molecular formula is C19H19BrN2O6. The molecule has 1 aliphatic heterocycles. The molecule has 3 rings (SSSR count). The molecule has 8 nitrogen and oxygen atoms in total. The molecule has 0 spiro atoms. The molecule has 2 aromatic rings. The minimum Gasteiger partial charge on any atom is -0.456 e. The number of rotatable bonds is 5. The van der Waals surface area contributed by atoms with E-state index in [1.807, 2.05) is 6.92 Å². The van der Waals surface area contributed by atoms with E-state index in [-0.39, 0.29) is 18.6 Å². The van der Waals surface area contributed by atoms with Crippen LogP contribution in [-0.2, 0) is 9.47 Å². The van der Waals surface area contributed by atoms with Crippen molar-refractivity contribution in [3.8, 4) is 0 Å². The average Bonchev–Trinajstić information content (AvgIpc) is 3.07. The van der Waals surface area contributed by atoms with Gasteiger partial charge in [-0.1, -0.05) is 33.6 Å². The van der Waals surface area contributed by atoms with E-state index in [0.29, 0.717) is 5.56 Å². The van der Waals surface area contributed by atoms with Crippen LogP contribution < -0.4 is 11.2 Å². The summed E-state index contributed by atoms with van der Waals surface area (Å²) >= 11 is 3.09. The van der Waals surface area contributed by atoms with Crippen molar-refractivity contribution < 1.29 is 19.4 Å². The summed E-state index contributed by atoms with van der Waals surface area (Å²) in [5.41, 5.74) is 0.470. The van der Waals surface area contributed by atoms with Crippen molar-refractivity contribution in [2.45, 2.75) is 31.8 Å². The van der Waals surface area contributed by atoms with E-state index in [2.05, 4.69) is 20.9 Å². The minimum absolute atomic E-state index is 0.159. The van der Waals surface area contributed by atoms with Crippen molar-refractivity contribution >= 4 is 28.0 Å². The van der Waals surface area contributed by atoms with Crippen LogP contribution in [0.25, 0.3) is 6.08 Å². The van der Waals surface area contributed by atoms with Gasteiger partial charge < -0.3 is 14.6 Å². The van der Waals surface area contributed by atoms with Gasteiger partial charge in [-0.25, -0.2) is 9.59 Å². The molecule has 2 heterocycles. The van der Waals surface area contributed by atoms with Crippen LogP contribution >= 0.6 is 15.9 Å². The lowest BCUT2D eigenvalue weighted by atomic mass is 10.1. The van der Waals surface area contributed by atoms with Crippen LogP contribution in [0.5, 0.6) is 0 Å². The third-order valence-corrected chi connectivity index (χ3v) is 4.72. The Balaban J connectivity index is 1.81. The van der Waals surface area contributed by atoms with Crippen LogP contribution in [0.2, 0.25) is 0 Å². The molecule has 9 heteroatoms. The molecule has 0 bridgehead atoms. The van der Waals surface area contributed by atoms with Gasteiger partial charge in [-0.15, -0.1) is 0 Å². The molecule has 3 atom stereocenters. The van der Waals surface area contributed by atoms with Crippen LogP contribution in [0.3, 0.4) is 0 Å². The summed E-state index contributed by atoms with van der Waals surface area (Å²) in [6.45, 7) is 1.53. The van der Waals surface area contributed by atoms with Gasteiger partial charge in [-0.05, 0) is 30.1 Å². The maximum atomic E-state index is 12.4. The van der Waals surface area contributed by atoms with Crippen molar-refractivity contribution in [3.63, 3.8) is 0 Å². The first-order valence-electron chi connectivity index (χ1n) is 8.59. The second kappa shape index (κ2) is 8.68. The predicted octanol–water partition coefficient (Wildman–Crippen LogP) is 1.72. The Labute approximate surface area is 168 Å². The van der Waals surface area contributed by atoms with Gasteiger partial charge in [0.2, 0.25) is 0 Å². The normalized spacial score (nSPS) is 21.9. The van der Waals surface area contributed by atoms with E-state index < -0.39 is 35.7 Å². The van der Waals surface area contributed by atoms with Crippen molar-refractivity contribution in [1.29, 1.82) is 0 Å². The van der Waals surface area contributed by atoms with Crippen LogP contribution in [0.1, 0.15) is 34.1 Å². The van der Waals surface area contributed by atoms with Gasteiger partial charge in [0.25, 0.3) is 5.56 Å². The van der Waals surface area contributed by atoms with E-state index in [1.54, 1.807) is 24.3 Å². The zero-order chi connectivity index (χ0) is 20.3. The van der Waals surface area contributed by atoms with Crippen molar-refractivity contribution in [2.24, 2.45) is 0 Å². The number of carbonyl (C=O) groups excluding carboxylic acids is 1. The number of aliphatic hydroxyl groups is 1. The highest BCUT2D eigenvalue weighted by Gasteiger charge is 2.39. The number of aromatic nitrogens is 2. The smallest absolute Gasteiger partial charge is 0.338 e. The molecule has 1 saturated heterocycles. The largest absolute Gasteiger partial charge is 0.456 e. The number of nitrogens with one attached hydrogen (secondary N) is 1. The van der Waals surface area contributed by atoms with Gasteiger partial charge in [0.05, 0.1) is 17.7 Å². The average molecular weight is 451 g/mol. The molecule has 0 radical (unpaired) electrons. The zero-order valence-electron chi connectivity index (χ0n) is 15.0. The molecule has 28 heavy (non-hydrogen) atoms. The Kier molecular flexibility index (Phi) is 6.28. The lowest BCUT2D eigenvalue weighted by Crippen LogP contribution is -2.33. The number of hydrogen-bond acceptors (Lipinski definition) is 6. The standard InChI is InChI=1S/C19H19BrN2O6/c1-11-2-4-12(5-3-11)18(25)28-14-8-16(27-15(14)10-23)22-9-13(6-7-20)17(24)21-19(22)26/h2-7,9,14-16,23H,8,10H2,1H3,(H,21,24,26)/b7-6+/t14?,15-,16-/m0/s1. The Morgan fingerprint density at radius 2 is 2.11 bits per heavy atom. The number of H-pyrrole nitrogens is 1. The fraction of sp³-hybridized carbons (Fsp3) is 0.316. The Morgan fingerprint density at radius 1 is 1.39 bits per heavy atom. The lowest BCUT2D eigenvalue weighted by Gasteiger charge is -2.16. The van der Waals surface area contributed by atoms with E-state index >= 15 is 0 Å². The highest BCUT2D eigenvalue weighted by molar-refractivity contribution is 9.11. The molecule has 1 aliphatic rings. The molecule has 1 aromatic heterocycles. The van der Waals surface area contributed by atoms with E-state index in [4.69, 9.17) is 9.47 Å². The Morgan fingerprint density at radius 3 is 2.75 bits per heavy atom. The number of nitrogens with zero attached hydrogens (tertiary/aromatic N) is 1. The summed E-state index contributed by atoms with van der Waals surface area (Å²) in [6.07, 6.45) is 0.697. The molecule has 1 unspecified atom stereocenters. The second-order valence-corrected chi connectivity index (χ2v) is 6.93. The van der Waals surface area contributed by atoms with Crippen LogP contribution in [0.15, 0.2) is 45.0 Å². The second-order valence-electron chi connectivity index (χ2n) is 6.40. The van der Waals surface area contributed by atoms with Crippen LogP contribution in [-0.4, -0.2) is 39.4 Å². The number of carbonyl (C=O) groups is 1. The molecule has 0 saturated carbocycles. The maximum Gasteiger partial charge on any atom is 0.338 e. The highest BCUT2D eigenvalue weighted by Crippen LogP contribution is 2.30. The van der Waals surface area contributed by atoms with E-state index in [0.717, 1.165) is 5.56 Å². The van der Waals surface area contributed by atoms with Crippen molar-refractivity contribution in [2.75, 3.05) is 6.61 Å². The molecule has 0 amide bonds. The summed E-state index contributed by atoms with van der Waals surface area (Å²) in [5, 5.41) is 9.59. The predicted molar refractivity (Wildman–Crippen MR) is 105 cm³/mol. The molecule has 0 aliphatic carbocycles. The number of aromatic amines is 1. The minimum atomic E-state index is -0.792. The zero-order valence-corrected chi connectivity index (χ0v) is 16.6. The monoisotopic (exact) mass is 450 g/mol. The van der Waals surface area contributed by atoms with Gasteiger partial charge >= 0.3 is 11.7 Å². The van der Waals surface area contributed by atoms with Gasteiger partial charge in [0.15, 0.2) is 0 Å². The Bertz CT molecular complexity index is 995. The van der Waals surface area contributed by atoms with Gasteiger partial charge in [0, 0.05) is 12.6 Å². The fourth-order valence-corrected chi connectivity index (χ4v) is 3.24. The first kappa shape index (κ1) is 20.2. The number of aliphatic hydroxyl groups excluding tert-OH is 1. The van der Waals surface area contributed by atoms with Crippen molar-refractivity contribution in [1.82, 2.24) is 9.55 Å². The maximum absolute atomic E-state index is 12.4. The van der Waals surface area contributed by atoms with Crippen molar-refractivity contribution in [3.05, 3.63) is 73.0 Å². The number of esters is 1. The third kappa shape index (κ3) is 4.32.